The summed E-state index contributed by atoms with van der Waals surface area (Å²) in [5.41, 5.74) is 3.31. The molecule has 1 atom stereocenters. The molecule has 9 heteroatoms. The lowest BCUT2D eigenvalue weighted by atomic mass is 9.92. The van der Waals surface area contributed by atoms with Crippen molar-refractivity contribution in [2.45, 2.75) is 19.0 Å². The second-order valence-corrected chi connectivity index (χ2v) is 10.2. The first-order chi connectivity index (χ1) is 18.9. The highest BCUT2D eigenvalue weighted by molar-refractivity contribution is 8.18. The van der Waals surface area contributed by atoms with E-state index in [4.69, 9.17) is 4.74 Å². The van der Waals surface area contributed by atoms with Crippen molar-refractivity contribution in [2.75, 3.05) is 20.2 Å². The van der Waals surface area contributed by atoms with Crippen LogP contribution in [0.1, 0.15) is 27.0 Å². The van der Waals surface area contributed by atoms with E-state index in [1.807, 2.05) is 30.3 Å². The van der Waals surface area contributed by atoms with Crippen LogP contribution in [0.25, 0.3) is 6.08 Å². The van der Waals surface area contributed by atoms with E-state index in [-0.39, 0.29) is 30.1 Å². The molecule has 1 N–H and O–H groups in total. The predicted octanol–water partition coefficient (Wildman–Crippen LogP) is 4.12. The Morgan fingerprint density at radius 3 is 2.38 bits per heavy atom. The zero-order chi connectivity index (χ0) is 27.4. The van der Waals surface area contributed by atoms with Crippen molar-refractivity contribution in [3.05, 3.63) is 106 Å². The number of hydrogen-bond acceptors (Lipinski definition) is 6. The van der Waals surface area contributed by atoms with Crippen LogP contribution in [0.3, 0.4) is 0 Å². The molecule has 5 rings (SSSR count). The van der Waals surface area contributed by atoms with E-state index in [1.165, 1.54) is 0 Å². The molecular weight excluding hydrogens is 514 g/mol. The highest BCUT2D eigenvalue weighted by atomic mass is 32.2. The van der Waals surface area contributed by atoms with Crippen molar-refractivity contribution in [2.24, 2.45) is 0 Å². The first-order valence-electron chi connectivity index (χ1n) is 12.5. The molecule has 3 aromatic carbocycles. The lowest BCUT2D eigenvalue weighted by molar-refractivity contribution is -0.127. The topological polar surface area (TPSA) is 96.0 Å². The van der Waals surface area contributed by atoms with Crippen LogP contribution in [0.4, 0.5) is 4.79 Å². The smallest absolute Gasteiger partial charge is 0.293 e. The number of nitrogens with zero attached hydrogens (tertiary/aromatic N) is 2. The van der Waals surface area contributed by atoms with Crippen LogP contribution < -0.4 is 10.1 Å². The number of fused-ring (bicyclic) bond motifs is 1. The summed E-state index contributed by atoms with van der Waals surface area (Å²) in [5.74, 6) is -0.251. The van der Waals surface area contributed by atoms with Gasteiger partial charge in [-0.3, -0.25) is 24.1 Å². The number of imide groups is 1. The Morgan fingerprint density at radius 1 is 0.974 bits per heavy atom. The van der Waals surface area contributed by atoms with Crippen molar-refractivity contribution < 1.29 is 23.9 Å². The van der Waals surface area contributed by atoms with Crippen LogP contribution in [-0.4, -0.2) is 59.0 Å². The van der Waals surface area contributed by atoms with E-state index in [9.17, 15) is 19.2 Å². The summed E-state index contributed by atoms with van der Waals surface area (Å²) in [6.07, 6.45) is 2.04. The zero-order valence-corrected chi connectivity index (χ0v) is 22.1. The molecule has 4 amide bonds. The highest BCUT2D eigenvalue weighted by Gasteiger charge is 2.37. The minimum atomic E-state index is -0.711. The van der Waals surface area contributed by atoms with Gasteiger partial charge in [0.25, 0.3) is 17.1 Å². The van der Waals surface area contributed by atoms with E-state index < -0.39 is 11.9 Å². The summed E-state index contributed by atoms with van der Waals surface area (Å²) in [6.45, 7) is 0.436. The van der Waals surface area contributed by atoms with E-state index in [2.05, 4.69) is 5.32 Å². The molecule has 0 aromatic heterocycles. The zero-order valence-electron chi connectivity index (χ0n) is 21.3. The van der Waals surface area contributed by atoms with Crippen LogP contribution in [0.15, 0.2) is 83.8 Å². The summed E-state index contributed by atoms with van der Waals surface area (Å²) in [5, 5.41) is 2.46. The van der Waals surface area contributed by atoms with Gasteiger partial charge in [0.1, 0.15) is 11.8 Å². The maximum absolute atomic E-state index is 13.3. The number of carbonyl (C=O) groups is 4. The molecule has 2 heterocycles. The van der Waals surface area contributed by atoms with Crippen molar-refractivity contribution in [3.63, 3.8) is 0 Å². The first-order valence-corrected chi connectivity index (χ1v) is 13.4. The van der Waals surface area contributed by atoms with Gasteiger partial charge in [-0.15, -0.1) is 0 Å². The summed E-state index contributed by atoms with van der Waals surface area (Å²) < 4.78 is 5.15. The molecule has 39 heavy (non-hydrogen) atoms. The molecule has 0 saturated carbocycles. The Morgan fingerprint density at radius 2 is 1.67 bits per heavy atom. The van der Waals surface area contributed by atoms with Crippen molar-refractivity contribution in [3.8, 4) is 5.75 Å². The number of amides is 4. The summed E-state index contributed by atoms with van der Waals surface area (Å²) >= 11 is 0.869. The molecule has 198 valence electrons. The Balaban J connectivity index is 1.24. The van der Waals surface area contributed by atoms with Gasteiger partial charge in [0.15, 0.2) is 0 Å². The number of thioether (sulfide) groups is 1. The van der Waals surface area contributed by atoms with Crippen LogP contribution in [0.5, 0.6) is 5.75 Å². The molecule has 0 aliphatic carbocycles. The van der Waals surface area contributed by atoms with Gasteiger partial charge in [-0.2, -0.15) is 0 Å². The van der Waals surface area contributed by atoms with Crippen LogP contribution in [0.2, 0.25) is 0 Å². The van der Waals surface area contributed by atoms with Gasteiger partial charge in [-0.25, -0.2) is 0 Å². The number of benzene rings is 3. The predicted molar refractivity (Wildman–Crippen MR) is 149 cm³/mol. The first kappa shape index (κ1) is 26.2. The standard InChI is InChI=1S/C30H27N3O5S/c1-38-24-13-11-20(12-14-24)17-26-29(36)32(30(37)39-26)16-15-31-27(34)25-18-22-9-5-6-10-23(22)19-33(25)28(35)21-7-3-2-4-8-21/h2-14,17,25H,15-16,18-19H2,1H3,(H,31,34)/b26-17-. The number of nitrogens with one attached hydrogen (secondary N) is 1. The Labute approximate surface area is 230 Å². The number of rotatable bonds is 7. The summed E-state index contributed by atoms with van der Waals surface area (Å²) in [7, 11) is 1.57. The third kappa shape index (κ3) is 5.73. The third-order valence-electron chi connectivity index (χ3n) is 6.75. The van der Waals surface area contributed by atoms with Gasteiger partial charge in [-0.05, 0) is 58.8 Å². The lowest BCUT2D eigenvalue weighted by Gasteiger charge is -2.36. The molecule has 8 nitrogen and oxygen atoms in total. The van der Waals surface area contributed by atoms with Gasteiger partial charge >= 0.3 is 0 Å². The molecular formula is C30H27N3O5S. The second kappa shape index (κ2) is 11.6. The van der Waals surface area contributed by atoms with E-state index in [0.717, 1.165) is 33.4 Å². The SMILES string of the molecule is COc1ccc(/C=C2\SC(=O)N(CCNC(=O)C3Cc4ccccc4CN3C(=O)c3ccccc3)C2=O)cc1. The molecule has 0 radical (unpaired) electrons. The Bertz CT molecular complexity index is 1440. The van der Waals surface area contributed by atoms with E-state index in [0.29, 0.717) is 29.2 Å². The minimum absolute atomic E-state index is 0.0340. The van der Waals surface area contributed by atoms with Gasteiger partial charge < -0.3 is 15.0 Å². The normalized spacial score (nSPS) is 17.8. The fourth-order valence-corrected chi connectivity index (χ4v) is 5.54. The lowest BCUT2D eigenvalue weighted by Crippen LogP contribution is -2.53. The van der Waals surface area contributed by atoms with Crippen LogP contribution >= 0.6 is 11.8 Å². The van der Waals surface area contributed by atoms with Crippen molar-refractivity contribution in [1.82, 2.24) is 15.1 Å². The fraction of sp³-hybridized carbons (Fsp3) is 0.200. The molecule has 3 aromatic rings. The molecule has 1 fully saturated rings. The quantitative estimate of drug-likeness (QED) is 0.452. The summed E-state index contributed by atoms with van der Waals surface area (Å²) in [4.78, 5) is 55.1. The van der Waals surface area contributed by atoms with Gasteiger partial charge in [0, 0.05) is 31.6 Å². The van der Waals surface area contributed by atoms with Crippen LogP contribution in [-0.2, 0) is 22.6 Å². The van der Waals surface area contributed by atoms with Crippen molar-refractivity contribution >= 4 is 40.8 Å². The average Bonchev–Trinajstić information content (AvgIpc) is 3.24. The summed E-state index contributed by atoms with van der Waals surface area (Å²) in [6, 6.07) is 23.1. The number of hydrogen-bond donors (Lipinski definition) is 1. The molecule has 2 aliphatic heterocycles. The fourth-order valence-electron chi connectivity index (χ4n) is 4.67. The Kier molecular flexibility index (Phi) is 7.79. The van der Waals surface area contributed by atoms with E-state index in [1.54, 1.807) is 66.6 Å². The number of ether oxygens (including phenoxy) is 1. The minimum Gasteiger partial charge on any atom is -0.497 e. The molecule has 1 saturated heterocycles. The van der Waals surface area contributed by atoms with Gasteiger partial charge in [0.2, 0.25) is 5.91 Å². The van der Waals surface area contributed by atoms with Gasteiger partial charge in [-0.1, -0.05) is 54.6 Å². The maximum atomic E-state index is 13.3. The third-order valence-corrected chi connectivity index (χ3v) is 7.66. The average molecular weight is 542 g/mol. The van der Waals surface area contributed by atoms with E-state index >= 15 is 0 Å². The number of carbonyl (C=O) groups excluding carboxylic acids is 4. The second-order valence-electron chi connectivity index (χ2n) is 9.19. The molecule has 0 spiro atoms. The van der Waals surface area contributed by atoms with Gasteiger partial charge in [0.05, 0.1) is 12.0 Å². The number of methoxy groups -OCH3 is 1. The monoisotopic (exact) mass is 541 g/mol. The highest BCUT2D eigenvalue weighted by Crippen LogP contribution is 2.32. The van der Waals surface area contributed by atoms with Crippen molar-refractivity contribution in [1.29, 1.82) is 0 Å². The Hall–Kier alpha value is -4.37. The molecule has 1 unspecified atom stereocenters. The largest absolute Gasteiger partial charge is 0.497 e. The molecule has 2 aliphatic rings. The maximum Gasteiger partial charge on any atom is 0.293 e. The van der Waals surface area contributed by atoms with Crippen LogP contribution in [0, 0.1) is 0 Å². The molecule has 0 bridgehead atoms.